The third-order valence-corrected chi connectivity index (χ3v) is 3.37. The normalized spacial score (nSPS) is 14.7. The van der Waals surface area contributed by atoms with Crippen LogP contribution in [0.2, 0.25) is 0 Å². The van der Waals surface area contributed by atoms with Crippen molar-refractivity contribution in [3.05, 3.63) is 23.8 Å². The molecule has 4 N–H and O–H groups in total. The van der Waals surface area contributed by atoms with Crippen LogP contribution in [0.15, 0.2) is 18.2 Å². The first-order valence-corrected chi connectivity index (χ1v) is 6.61. The first-order valence-electron chi connectivity index (χ1n) is 6.61. The second kappa shape index (κ2) is 6.04. The Morgan fingerprint density at radius 2 is 2.26 bits per heavy atom. The molecule has 0 unspecified atom stereocenters. The summed E-state index contributed by atoms with van der Waals surface area (Å²) in [6, 6.07) is 6.00. The molecule has 5 heteroatoms. The van der Waals surface area contributed by atoms with Gasteiger partial charge in [-0.3, -0.25) is 9.69 Å². The number of aliphatic hydroxyl groups excluding tert-OH is 1. The Bertz CT molecular complexity index is 438. The number of hydrogen-bond donors (Lipinski definition) is 3. The maximum atomic E-state index is 12.0. The zero-order chi connectivity index (χ0) is 13.8. The lowest BCUT2D eigenvalue weighted by Gasteiger charge is -2.20. The van der Waals surface area contributed by atoms with Crippen LogP contribution in [0, 0.1) is 6.92 Å². The van der Waals surface area contributed by atoms with Crippen LogP contribution in [0.3, 0.4) is 0 Å². The quantitative estimate of drug-likeness (QED) is 0.668. The van der Waals surface area contributed by atoms with Gasteiger partial charge in [-0.15, -0.1) is 0 Å². The van der Waals surface area contributed by atoms with E-state index in [9.17, 15) is 4.79 Å². The van der Waals surface area contributed by atoms with E-state index in [4.69, 9.17) is 10.8 Å². The highest BCUT2D eigenvalue weighted by Gasteiger charge is 2.29. The number of nitrogens with one attached hydrogen (secondary N) is 1. The van der Waals surface area contributed by atoms with Gasteiger partial charge in [-0.2, -0.15) is 0 Å². The van der Waals surface area contributed by atoms with Gasteiger partial charge in [0.1, 0.15) is 0 Å². The van der Waals surface area contributed by atoms with Gasteiger partial charge >= 0.3 is 0 Å². The minimum atomic E-state index is -0.0821. The van der Waals surface area contributed by atoms with Crippen molar-refractivity contribution in [1.29, 1.82) is 0 Å². The van der Waals surface area contributed by atoms with Crippen molar-refractivity contribution in [2.75, 3.05) is 30.7 Å². The number of aryl methyl sites for hydroxylation is 1. The van der Waals surface area contributed by atoms with Crippen molar-refractivity contribution < 1.29 is 9.90 Å². The SMILES string of the molecule is Cc1cccc(N)c1NC(=O)CN(CCO)C1CC1. The molecule has 0 radical (unpaired) electrons. The van der Waals surface area contributed by atoms with E-state index < -0.39 is 0 Å². The predicted molar refractivity (Wildman–Crippen MR) is 75.9 cm³/mol. The summed E-state index contributed by atoms with van der Waals surface area (Å²) < 4.78 is 0. The van der Waals surface area contributed by atoms with Crippen molar-refractivity contribution in [1.82, 2.24) is 4.90 Å². The van der Waals surface area contributed by atoms with Crippen LogP contribution >= 0.6 is 0 Å². The van der Waals surface area contributed by atoms with E-state index in [-0.39, 0.29) is 12.5 Å². The first-order chi connectivity index (χ1) is 9.11. The number of aliphatic hydroxyl groups is 1. The van der Waals surface area contributed by atoms with Gasteiger partial charge in [0.2, 0.25) is 5.91 Å². The summed E-state index contributed by atoms with van der Waals surface area (Å²) in [5, 5.41) is 11.9. The molecule has 0 saturated heterocycles. The molecule has 2 rings (SSSR count). The van der Waals surface area contributed by atoms with Crippen molar-refractivity contribution in [2.24, 2.45) is 0 Å². The average molecular weight is 263 g/mol. The highest BCUT2D eigenvalue weighted by Crippen LogP contribution is 2.27. The molecular formula is C14H21N3O2. The maximum absolute atomic E-state index is 12.0. The topological polar surface area (TPSA) is 78.6 Å². The first kappa shape index (κ1) is 13.8. The molecule has 1 amide bonds. The Balaban J connectivity index is 1.96. The molecule has 0 aromatic heterocycles. The molecule has 1 aliphatic rings. The van der Waals surface area contributed by atoms with Crippen LogP contribution in [0.4, 0.5) is 11.4 Å². The summed E-state index contributed by atoms with van der Waals surface area (Å²) in [5.41, 5.74) is 8.08. The molecule has 0 heterocycles. The van der Waals surface area contributed by atoms with E-state index >= 15 is 0 Å². The van der Waals surface area contributed by atoms with Gasteiger partial charge in [0.25, 0.3) is 0 Å². The molecule has 0 bridgehead atoms. The zero-order valence-corrected chi connectivity index (χ0v) is 11.2. The van der Waals surface area contributed by atoms with Gasteiger partial charge in [0, 0.05) is 12.6 Å². The number of benzene rings is 1. The second-order valence-corrected chi connectivity index (χ2v) is 5.01. The van der Waals surface area contributed by atoms with Crippen LogP contribution < -0.4 is 11.1 Å². The average Bonchev–Trinajstić information content (AvgIpc) is 3.18. The van der Waals surface area contributed by atoms with E-state index in [2.05, 4.69) is 5.32 Å². The Kier molecular flexibility index (Phi) is 4.39. The lowest BCUT2D eigenvalue weighted by atomic mass is 10.1. The fraction of sp³-hybridized carbons (Fsp3) is 0.500. The van der Waals surface area contributed by atoms with Crippen molar-refractivity contribution >= 4 is 17.3 Å². The number of nitrogens with zero attached hydrogens (tertiary/aromatic N) is 1. The molecule has 0 atom stereocenters. The Morgan fingerprint density at radius 3 is 2.84 bits per heavy atom. The molecule has 1 aliphatic carbocycles. The molecule has 1 saturated carbocycles. The summed E-state index contributed by atoms with van der Waals surface area (Å²) in [7, 11) is 0. The molecule has 0 aliphatic heterocycles. The van der Waals surface area contributed by atoms with Crippen molar-refractivity contribution in [3.63, 3.8) is 0 Å². The zero-order valence-electron chi connectivity index (χ0n) is 11.2. The van der Waals surface area contributed by atoms with E-state index in [0.29, 0.717) is 30.5 Å². The number of carbonyl (C=O) groups is 1. The van der Waals surface area contributed by atoms with Gasteiger partial charge in [0.15, 0.2) is 0 Å². The highest BCUT2D eigenvalue weighted by molar-refractivity contribution is 5.96. The summed E-state index contributed by atoms with van der Waals surface area (Å²) >= 11 is 0. The van der Waals surface area contributed by atoms with E-state index in [0.717, 1.165) is 18.4 Å². The summed E-state index contributed by atoms with van der Waals surface area (Å²) in [6.45, 7) is 2.84. The largest absolute Gasteiger partial charge is 0.397 e. The monoisotopic (exact) mass is 263 g/mol. The molecule has 104 valence electrons. The van der Waals surface area contributed by atoms with Crippen LogP contribution in [-0.4, -0.2) is 41.7 Å². The van der Waals surface area contributed by atoms with Crippen LogP contribution in [0.5, 0.6) is 0 Å². The minimum absolute atomic E-state index is 0.0796. The Labute approximate surface area is 113 Å². The summed E-state index contributed by atoms with van der Waals surface area (Å²) in [6.07, 6.45) is 2.22. The highest BCUT2D eigenvalue weighted by atomic mass is 16.3. The van der Waals surface area contributed by atoms with Crippen LogP contribution in [0.25, 0.3) is 0 Å². The van der Waals surface area contributed by atoms with Gasteiger partial charge in [-0.1, -0.05) is 12.1 Å². The smallest absolute Gasteiger partial charge is 0.238 e. The molecule has 1 aromatic carbocycles. The van der Waals surface area contributed by atoms with Gasteiger partial charge < -0.3 is 16.2 Å². The maximum Gasteiger partial charge on any atom is 0.238 e. The number of nitrogen functional groups attached to an aromatic ring is 1. The van der Waals surface area contributed by atoms with E-state index in [1.165, 1.54) is 0 Å². The number of carbonyl (C=O) groups excluding carboxylic acids is 1. The summed E-state index contributed by atoms with van der Waals surface area (Å²) in [5.74, 6) is -0.0821. The summed E-state index contributed by atoms with van der Waals surface area (Å²) in [4.78, 5) is 14.1. The van der Waals surface area contributed by atoms with Crippen molar-refractivity contribution in [3.8, 4) is 0 Å². The Morgan fingerprint density at radius 1 is 1.53 bits per heavy atom. The predicted octanol–water partition coefficient (Wildman–Crippen LogP) is 0.972. The van der Waals surface area contributed by atoms with Crippen LogP contribution in [0.1, 0.15) is 18.4 Å². The molecule has 0 spiro atoms. The number of nitrogens with two attached hydrogens (primary N) is 1. The Hall–Kier alpha value is -1.59. The van der Waals surface area contributed by atoms with E-state index in [1.807, 2.05) is 24.0 Å². The van der Waals surface area contributed by atoms with Gasteiger partial charge in [-0.25, -0.2) is 0 Å². The molecule has 1 fully saturated rings. The number of rotatable bonds is 6. The number of anilines is 2. The lowest BCUT2D eigenvalue weighted by molar-refractivity contribution is -0.117. The fourth-order valence-electron chi connectivity index (χ4n) is 2.18. The number of hydrogen-bond acceptors (Lipinski definition) is 4. The fourth-order valence-corrected chi connectivity index (χ4v) is 2.18. The number of para-hydroxylation sites is 1. The molecule has 19 heavy (non-hydrogen) atoms. The minimum Gasteiger partial charge on any atom is -0.397 e. The van der Waals surface area contributed by atoms with Gasteiger partial charge in [0.05, 0.1) is 24.5 Å². The van der Waals surface area contributed by atoms with Crippen LogP contribution in [-0.2, 0) is 4.79 Å². The number of amides is 1. The molecule has 5 nitrogen and oxygen atoms in total. The van der Waals surface area contributed by atoms with Gasteiger partial charge in [-0.05, 0) is 31.4 Å². The second-order valence-electron chi connectivity index (χ2n) is 5.01. The van der Waals surface area contributed by atoms with E-state index in [1.54, 1.807) is 6.07 Å². The third-order valence-electron chi connectivity index (χ3n) is 3.37. The lowest BCUT2D eigenvalue weighted by Crippen LogP contribution is -2.37. The molecule has 1 aromatic rings. The standard InChI is InChI=1S/C14H21N3O2/c1-10-3-2-4-12(15)14(10)16-13(19)9-17(7-8-18)11-5-6-11/h2-4,11,18H,5-9,15H2,1H3,(H,16,19). The third kappa shape index (κ3) is 3.68. The van der Waals surface area contributed by atoms with Crippen molar-refractivity contribution in [2.45, 2.75) is 25.8 Å². The molecular weight excluding hydrogens is 242 g/mol.